The smallest absolute Gasteiger partial charge is 0.340 e. The number of hydrogen-bond donors (Lipinski definition) is 0. The average molecular weight is 373 g/mol. The number of ether oxygens (including phenoxy) is 1. The number of carbonyl (C=O) groups is 1. The molecule has 0 aliphatic heterocycles. The Bertz CT molecular complexity index is 318. The van der Waals surface area contributed by atoms with Crippen LogP contribution >= 0.6 is 9.47 Å². The van der Waals surface area contributed by atoms with Crippen molar-refractivity contribution >= 4 is 15.4 Å². The number of esters is 1. The van der Waals surface area contributed by atoms with Crippen molar-refractivity contribution in [1.82, 2.24) is 0 Å². The molecular weight excluding hydrogens is 331 g/mol. The average Bonchev–Trinajstić information content (AvgIpc) is 2.63. The van der Waals surface area contributed by atoms with E-state index in [0.29, 0.717) is 0 Å². The third kappa shape index (κ3) is 18.2. The minimum Gasteiger partial charge on any atom is -0.433 e. The monoisotopic (exact) mass is 372 g/mol. The lowest BCUT2D eigenvalue weighted by atomic mass is 10.0. The topological polar surface area (TPSA) is 35.5 Å². The fourth-order valence-corrected chi connectivity index (χ4v) is 2.90. The fourth-order valence-electron chi connectivity index (χ4n) is 2.79. The molecule has 0 aliphatic carbocycles. The summed E-state index contributed by atoms with van der Waals surface area (Å²) in [4.78, 5) is 11.3. The Morgan fingerprint density at radius 1 is 0.840 bits per heavy atom. The van der Waals surface area contributed by atoms with Crippen LogP contribution in [0.5, 0.6) is 0 Å². The van der Waals surface area contributed by atoms with E-state index in [9.17, 15) is 4.79 Å². The summed E-state index contributed by atoms with van der Waals surface area (Å²) in [6.07, 6.45) is 23.1. The highest BCUT2D eigenvalue weighted by atomic mass is 31.0. The van der Waals surface area contributed by atoms with Crippen LogP contribution in [0, 0.1) is 0 Å². The van der Waals surface area contributed by atoms with Crippen LogP contribution in [0.1, 0.15) is 110 Å². The maximum atomic E-state index is 11.3. The predicted octanol–water partition coefficient (Wildman–Crippen LogP) is 7.11. The normalized spacial score (nSPS) is 12.6. The maximum absolute atomic E-state index is 11.3. The molecule has 0 aromatic rings. The molecular formula is C21H41O3P. The van der Waals surface area contributed by atoms with Gasteiger partial charge in [-0.05, 0) is 25.8 Å². The highest BCUT2D eigenvalue weighted by Crippen LogP contribution is 2.13. The van der Waals surface area contributed by atoms with Crippen molar-refractivity contribution in [1.29, 1.82) is 0 Å². The third-order valence-corrected chi connectivity index (χ3v) is 4.95. The van der Waals surface area contributed by atoms with Crippen molar-refractivity contribution in [2.24, 2.45) is 0 Å². The van der Waals surface area contributed by atoms with Crippen LogP contribution in [0.4, 0.5) is 0 Å². The van der Waals surface area contributed by atoms with E-state index < -0.39 is 6.10 Å². The van der Waals surface area contributed by atoms with Crippen LogP contribution < -0.4 is 0 Å². The Labute approximate surface area is 158 Å². The minimum atomic E-state index is -0.532. The van der Waals surface area contributed by atoms with Gasteiger partial charge in [-0.2, -0.15) is 0 Å². The zero-order valence-electron chi connectivity index (χ0n) is 16.6. The second-order valence-corrected chi connectivity index (χ2v) is 7.24. The molecule has 0 aliphatic rings. The molecule has 0 amide bonds. The first-order chi connectivity index (χ1) is 12.2. The summed E-state index contributed by atoms with van der Waals surface area (Å²) in [5, 5.41) is 0. The van der Waals surface area contributed by atoms with Gasteiger partial charge >= 0.3 is 5.97 Å². The van der Waals surface area contributed by atoms with Gasteiger partial charge in [-0.1, -0.05) is 90.4 Å². The van der Waals surface area contributed by atoms with Gasteiger partial charge in [0.1, 0.15) is 0 Å². The molecule has 0 saturated carbocycles. The first-order valence-electron chi connectivity index (χ1n) is 10.4. The standard InChI is InChI=1S/C21H41O3P/c1-3-4-5-6-7-8-9-10-11-12-13-14-15-16-17-18-19-23-21(22)20(2)24-25/h18-20H,3-17,25H2,1-2H3. The second kappa shape index (κ2) is 19.9. The number of hydrogen-bond acceptors (Lipinski definition) is 3. The molecule has 0 spiro atoms. The number of carbonyl (C=O) groups excluding carboxylic acids is 1. The second-order valence-electron chi connectivity index (χ2n) is 6.97. The van der Waals surface area contributed by atoms with Gasteiger partial charge in [-0.15, -0.1) is 0 Å². The van der Waals surface area contributed by atoms with Gasteiger partial charge in [-0.3, -0.25) is 0 Å². The Morgan fingerprint density at radius 2 is 1.28 bits per heavy atom. The van der Waals surface area contributed by atoms with Crippen molar-refractivity contribution in [2.75, 3.05) is 0 Å². The molecule has 0 aromatic carbocycles. The molecule has 25 heavy (non-hydrogen) atoms. The molecule has 0 heterocycles. The summed E-state index contributed by atoms with van der Waals surface area (Å²) < 4.78 is 9.76. The lowest BCUT2D eigenvalue weighted by Crippen LogP contribution is -2.17. The first-order valence-corrected chi connectivity index (χ1v) is 10.9. The highest BCUT2D eigenvalue weighted by Gasteiger charge is 2.11. The Hall–Kier alpha value is -0.400. The van der Waals surface area contributed by atoms with Gasteiger partial charge in [0.25, 0.3) is 0 Å². The molecule has 0 N–H and O–H groups in total. The van der Waals surface area contributed by atoms with E-state index in [4.69, 9.17) is 9.26 Å². The van der Waals surface area contributed by atoms with E-state index in [2.05, 4.69) is 16.4 Å². The zero-order chi connectivity index (χ0) is 18.6. The first kappa shape index (κ1) is 24.6. The van der Waals surface area contributed by atoms with E-state index in [1.54, 1.807) is 6.92 Å². The van der Waals surface area contributed by atoms with E-state index >= 15 is 0 Å². The molecule has 0 rings (SSSR count). The quantitative estimate of drug-likeness (QED) is 0.111. The molecule has 148 valence electrons. The van der Waals surface area contributed by atoms with Gasteiger partial charge in [0.15, 0.2) is 6.10 Å². The van der Waals surface area contributed by atoms with Crippen LogP contribution in [0.25, 0.3) is 0 Å². The fraction of sp³-hybridized carbons (Fsp3) is 0.857. The van der Waals surface area contributed by atoms with Crippen LogP contribution in [-0.2, 0) is 14.1 Å². The molecule has 2 unspecified atom stereocenters. The van der Waals surface area contributed by atoms with Crippen LogP contribution in [0.15, 0.2) is 12.3 Å². The molecule has 0 radical (unpaired) electrons. The summed E-state index contributed by atoms with van der Waals surface area (Å²) in [5.74, 6) is -0.354. The van der Waals surface area contributed by atoms with Crippen molar-refractivity contribution in [3.63, 3.8) is 0 Å². The van der Waals surface area contributed by atoms with Gasteiger partial charge in [0.2, 0.25) is 0 Å². The van der Waals surface area contributed by atoms with Crippen molar-refractivity contribution in [2.45, 2.75) is 116 Å². The number of unbranched alkanes of at least 4 members (excludes halogenated alkanes) is 14. The lowest BCUT2D eigenvalue weighted by molar-refractivity contribution is -0.144. The van der Waals surface area contributed by atoms with Gasteiger partial charge in [0, 0.05) is 9.47 Å². The van der Waals surface area contributed by atoms with Crippen molar-refractivity contribution in [3.8, 4) is 0 Å². The Morgan fingerprint density at radius 3 is 1.72 bits per heavy atom. The summed E-state index contributed by atoms with van der Waals surface area (Å²) >= 11 is 0. The summed E-state index contributed by atoms with van der Waals surface area (Å²) in [7, 11) is 2.07. The minimum absolute atomic E-state index is 0.354. The molecule has 0 fully saturated rings. The van der Waals surface area contributed by atoms with Crippen LogP contribution in [-0.4, -0.2) is 12.1 Å². The van der Waals surface area contributed by atoms with Crippen molar-refractivity contribution in [3.05, 3.63) is 12.3 Å². The Balaban J connectivity index is 3.17. The number of allylic oxidation sites excluding steroid dienone is 1. The SMILES string of the molecule is CCCCCCCCCCCCCCCCC=COC(=O)C(C)OP. The summed E-state index contributed by atoms with van der Waals surface area (Å²) in [5.41, 5.74) is 0. The van der Waals surface area contributed by atoms with Gasteiger partial charge in [-0.25, -0.2) is 4.79 Å². The summed E-state index contributed by atoms with van der Waals surface area (Å²) in [6, 6.07) is 0. The molecule has 0 bridgehead atoms. The Kier molecular flexibility index (Phi) is 19.6. The highest BCUT2D eigenvalue weighted by molar-refractivity contribution is 7.09. The van der Waals surface area contributed by atoms with Crippen LogP contribution in [0.3, 0.4) is 0 Å². The van der Waals surface area contributed by atoms with Gasteiger partial charge < -0.3 is 9.26 Å². The lowest BCUT2D eigenvalue weighted by Gasteiger charge is -2.05. The molecule has 2 atom stereocenters. The van der Waals surface area contributed by atoms with E-state index in [1.807, 2.05) is 6.08 Å². The van der Waals surface area contributed by atoms with Gasteiger partial charge in [0.05, 0.1) is 6.26 Å². The van der Waals surface area contributed by atoms with Crippen molar-refractivity contribution < 1.29 is 14.1 Å². The predicted molar refractivity (Wildman–Crippen MR) is 110 cm³/mol. The van der Waals surface area contributed by atoms with E-state index in [0.717, 1.165) is 6.42 Å². The van der Waals surface area contributed by atoms with Crippen LogP contribution in [0.2, 0.25) is 0 Å². The summed E-state index contributed by atoms with van der Waals surface area (Å²) in [6.45, 7) is 3.94. The number of rotatable bonds is 18. The zero-order valence-corrected chi connectivity index (χ0v) is 17.8. The third-order valence-electron chi connectivity index (χ3n) is 4.54. The van der Waals surface area contributed by atoms with E-state index in [-0.39, 0.29) is 5.97 Å². The molecule has 4 heteroatoms. The molecule has 3 nitrogen and oxygen atoms in total. The molecule has 0 aromatic heterocycles. The van der Waals surface area contributed by atoms with E-state index in [1.165, 1.54) is 96.2 Å². The maximum Gasteiger partial charge on any atom is 0.340 e. The molecule has 0 saturated heterocycles. The largest absolute Gasteiger partial charge is 0.433 e.